The lowest BCUT2D eigenvalue weighted by molar-refractivity contribution is 0.0115. The molecule has 242 valence electrons. The van der Waals surface area contributed by atoms with E-state index in [0.29, 0.717) is 29.8 Å². The van der Waals surface area contributed by atoms with Gasteiger partial charge in [-0.15, -0.1) is 0 Å². The van der Waals surface area contributed by atoms with Crippen molar-refractivity contribution in [2.75, 3.05) is 56.7 Å². The summed E-state index contributed by atoms with van der Waals surface area (Å²) in [7, 11) is 1.68. The Morgan fingerprint density at radius 2 is 1.76 bits per heavy atom. The number of aryl methyl sites for hydroxylation is 1. The van der Waals surface area contributed by atoms with Gasteiger partial charge in [-0.25, -0.2) is 9.97 Å². The highest BCUT2D eigenvalue weighted by molar-refractivity contribution is 7.59. The number of piperidine rings is 1. The van der Waals surface area contributed by atoms with Gasteiger partial charge < -0.3 is 24.4 Å². The van der Waals surface area contributed by atoms with Crippen molar-refractivity contribution in [1.82, 2.24) is 24.6 Å². The van der Waals surface area contributed by atoms with Crippen LogP contribution in [0.3, 0.4) is 0 Å². The molecule has 0 unspecified atom stereocenters. The Kier molecular flexibility index (Phi) is 11.0. The van der Waals surface area contributed by atoms with Crippen molar-refractivity contribution in [3.63, 3.8) is 0 Å². The first kappa shape index (κ1) is 33.1. The molecule has 11 nitrogen and oxygen atoms in total. The van der Waals surface area contributed by atoms with Crippen LogP contribution in [0, 0.1) is 18.3 Å². The molecule has 2 aromatic carbocycles. The Balaban J connectivity index is 0.00000417. The maximum atomic E-state index is 9.66. The average molecular weight is 643 g/mol. The first-order valence-corrected chi connectivity index (χ1v) is 15.5. The lowest BCUT2D eigenvalue weighted by Crippen LogP contribution is -2.49. The number of methoxy groups -OCH3 is 1. The molecule has 2 aromatic heterocycles. The quantitative estimate of drug-likeness (QED) is 0.249. The van der Waals surface area contributed by atoms with Crippen LogP contribution < -0.4 is 19.7 Å². The van der Waals surface area contributed by atoms with Gasteiger partial charge in [-0.2, -0.15) is 23.9 Å². The Labute approximate surface area is 277 Å². The molecule has 1 atom stereocenters. The van der Waals surface area contributed by atoms with E-state index >= 15 is 0 Å². The van der Waals surface area contributed by atoms with E-state index in [0.717, 1.165) is 86.0 Å². The van der Waals surface area contributed by atoms with Gasteiger partial charge >= 0.3 is 0 Å². The van der Waals surface area contributed by atoms with Gasteiger partial charge in [0.05, 0.1) is 44.3 Å². The summed E-state index contributed by atoms with van der Waals surface area (Å²) in [6, 6.07) is 14.6. The molecule has 0 radical (unpaired) electrons. The predicted octanol–water partition coefficient (Wildman–Crippen LogP) is 5.15. The maximum Gasteiger partial charge on any atom is 0.227 e. The molecule has 46 heavy (non-hydrogen) atoms. The van der Waals surface area contributed by atoms with Gasteiger partial charge in [0.25, 0.3) is 0 Å². The van der Waals surface area contributed by atoms with Crippen LogP contribution in [0.25, 0.3) is 11.1 Å². The van der Waals surface area contributed by atoms with E-state index in [9.17, 15) is 5.26 Å². The van der Waals surface area contributed by atoms with Crippen LogP contribution in [-0.4, -0.2) is 83.3 Å². The summed E-state index contributed by atoms with van der Waals surface area (Å²) in [5, 5.41) is 17.3. The molecule has 2 fully saturated rings. The van der Waals surface area contributed by atoms with Crippen molar-refractivity contribution < 1.29 is 14.2 Å². The van der Waals surface area contributed by atoms with Crippen LogP contribution in [0.2, 0.25) is 0 Å². The number of morpholine rings is 1. The zero-order valence-electron chi connectivity index (χ0n) is 26.6. The number of hydrogen-bond donors (Lipinski definition) is 1. The Bertz CT molecular complexity index is 1630. The SMILES string of the molecule is COc1cc(N2CCC(N3CCOCC3)CC2)ccc1Nc1ncc(-c2ccc(C#N)c(O[C@@H](C)Cn3cc(C)cn3)c2)cn1.S. The number of ether oxygens (including phenoxy) is 3. The second-order valence-electron chi connectivity index (χ2n) is 11.7. The van der Waals surface area contributed by atoms with Crippen molar-refractivity contribution in [3.8, 4) is 28.7 Å². The largest absolute Gasteiger partial charge is 0.494 e. The lowest BCUT2D eigenvalue weighted by Gasteiger charge is -2.40. The summed E-state index contributed by atoms with van der Waals surface area (Å²) in [5.74, 6) is 1.72. The zero-order valence-corrected chi connectivity index (χ0v) is 27.6. The van der Waals surface area contributed by atoms with E-state index in [1.165, 1.54) is 0 Å². The molecule has 2 aliphatic rings. The Hall–Kier alpha value is -4.31. The summed E-state index contributed by atoms with van der Waals surface area (Å²) in [6.45, 7) is 10.3. The normalized spacial score (nSPS) is 16.3. The summed E-state index contributed by atoms with van der Waals surface area (Å²) in [6.07, 6.45) is 9.42. The number of rotatable bonds is 10. The predicted molar refractivity (Wildman–Crippen MR) is 184 cm³/mol. The van der Waals surface area contributed by atoms with Crippen LogP contribution in [0.1, 0.15) is 30.9 Å². The fraction of sp³-hybridized carbons (Fsp3) is 0.412. The second-order valence-corrected chi connectivity index (χ2v) is 11.7. The van der Waals surface area contributed by atoms with Crippen molar-refractivity contribution >= 4 is 30.8 Å². The van der Waals surface area contributed by atoms with Gasteiger partial charge in [-0.1, -0.05) is 6.07 Å². The van der Waals surface area contributed by atoms with Crippen LogP contribution in [0.4, 0.5) is 17.3 Å². The molecule has 0 saturated carbocycles. The third kappa shape index (κ3) is 7.91. The first-order chi connectivity index (χ1) is 22.0. The molecule has 12 heteroatoms. The minimum absolute atomic E-state index is 0. The number of nitrogens with one attached hydrogen (secondary N) is 1. The van der Waals surface area contributed by atoms with Gasteiger partial charge in [0.2, 0.25) is 5.95 Å². The molecule has 4 heterocycles. The number of nitrogens with zero attached hydrogens (tertiary/aromatic N) is 7. The highest BCUT2D eigenvalue weighted by Gasteiger charge is 2.26. The summed E-state index contributed by atoms with van der Waals surface area (Å²) >= 11 is 0. The molecule has 6 rings (SSSR count). The van der Waals surface area contributed by atoms with Crippen molar-refractivity contribution in [1.29, 1.82) is 5.26 Å². The van der Waals surface area contributed by atoms with Crippen molar-refractivity contribution in [2.45, 2.75) is 45.4 Å². The van der Waals surface area contributed by atoms with E-state index in [-0.39, 0.29) is 19.6 Å². The Morgan fingerprint density at radius 1 is 1.00 bits per heavy atom. The number of aromatic nitrogens is 4. The van der Waals surface area contributed by atoms with E-state index in [1.54, 1.807) is 25.6 Å². The standard InChI is InChI=1S/C34H40N8O3.H2S/c1-24-19-38-42(22-24)23-25(2)45-32-16-26(4-5-27(32)18-35)28-20-36-34(37-21-28)39-31-7-6-30(17-33(31)43-3)40-10-8-29(9-11-40)41-12-14-44-15-13-41;/h4-7,16-17,19-22,25,29H,8-15,23H2,1-3H3,(H,36,37,39);1H2/t25-;/m0./s1. The summed E-state index contributed by atoms with van der Waals surface area (Å²) in [5.41, 5.74) is 5.18. The number of hydrogen-bond acceptors (Lipinski definition) is 10. The number of nitriles is 1. The smallest absolute Gasteiger partial charge is 0.227 e. The molecule has 2 aliphatic heterocycles. The highest BCUT2D eigenvalue weighted by Crippen LogP contribution is 2.34. The van der Waals surface area contributed by atoms with Gasteiger partial charge in [0.1, 0.15) is 23.7 Å². The third-order valence-corrected chi connectivity index (χ3v) is 8.45. The number of anilines is 3. The topological polar surface area (TPSA) is 114 Å². The maximum absolute atomic E-state index is 9.66. The monoisotopic (exact) mass is 642 g/mol. The third-order valence-electron chi connectivity index (χ3n) is 8.45. The van der Waals surface area contributed by atoms with Gasteiger partial charge in [0, 0.05) is 68.1 Å². The molecule has 1 N–H and O–H groups in total. The molecule has 0 amide bonds. The van der Waals surface area contributed by atoms with Gasteiger partial charge in [-0.05, 0) is 62.1 Å². The second kappa shape index (κ2) is 15.3. The fourth-order valence-electron chi connectivity index (χ4n) is 6.05. The van der Waals surface area contributed by atoms with Crippen LogP contribution in [0.15, 0.2) is 61.2 Å². The molecule has 2 saturated heterocycles. The minimum atomic E-state index is -0.183. The molecule has 0 aliphatic carbocycles. The molecular weight excluding hydrogens is 600 g/mol. The average Bonchev–Trinajstić information content (AvgIpc) is 3.49. The van der Waals surface area contributed by atoms with Crippen LogP contribution >= 0.6 is 13.5 Å². The van der Waals surface area contributed by atoms with E-state index in [2.05, 4.69) is 48.4 Å². The molecule has 0 bridgehead atoms. The molecular formula is C34H42N8O3S. The van der Waals surface area contributed by atoms with Crippen molar-refractivity contribution in [3.05, 3.63) is 72.3 Å². The minimum Gasteiger partial charge on any atom is -0.494 e. The van der Waals surface area contributed by atoms with Gasteiger partial charge in [0.15, 0.2) is 0 Å². The van der Waals surface area contributed by atoms with Crippen LogP contribution in [-0.2, 0) is 11.3 Å². The molecule has 0 spiro atoms. The van der Waals surface area contributed by atoms with Crippen LogP contribution in [0.5, 0.6) is 11.5 Å². The van der Waals surface area contributed by atoms with E-state index in [1.807, 2.05) is 49.1 Å². The fourth-order valence-corrected chi connectivity index (χ4v) is 6.05. The zero-order chi connectivity index (χ0) is 31.2. The van der Waals surface area contributed by atoms with E-state index in [4.69, 9.17) is 14.2 Å². The Morgan fingerprint density at radius 3 is 2.43 bits per heavy atom. The lowest BCUT2D eigenvalue weighted by atomic mass is 10.0. The van der Waals surface area contributed by atoms with Crippen molar-refractivity contribution in [2.24, 2.45) is 0 Å². The first-order valence-electron chi connectivity index (χ1n) is 15.5. The number of benzene rings is 2. The summed E-state index contributed by atoms with van der Waals surface area (Å²) in [4.78, 5) is 14.1. The summed E-state index contributed by atoms with van der Waals surface area (Å²) < 4.78 is 19.3. The van der Waals surface area contributed by atoms with E-state index < -0.39 is 0 Å². The highest BCUT2D eigenvalue weighted by atomic mass is 32.1. The van der Waals surface area contributed by atoms with Gasteiger partial charge in [-0.3, -0.25) is 9.58 Å². The molecule has 4 aromatic rings.